The van der Waals surface area contributed by atoms with Gasteiger partial charge in [0.1, 0.15) is 0 Å². The van der Waals surface area contributed by atoms with Crippen LogP contribution in [0.3, 0.4) is 0 Å². The Bertz CT molecular complexity index is 243. The van der Waals surface area contributed by atoms with E-state index in [1.54, 1.807) is 0 Å². The van der Waals surface area contributed by atoms with Crippen molar-refractivity contribution in [3.8, 4) is 0 Å². The number of aliphatic hydroxyl groups is 1. The first kappa shape index (κ1) is 16.5. The highest BCUT2D eigenvalue weighted by Gasteiger charge is 2.25. The highest BCUT2D eigenvalue weighted by atomic mass is 16.3. The molecular formula is C16H31NO2. The number of carbonyl (C=O) groups excluding carboxylic acids is 1. The van der Waals surface area contributed by atoms with Crippen LogP contribution in [-0.2, 0) is 4.79 Å². The minimum atomic E-state index is -0.195. The molecule has 1 aliphatic carbocycles. The Hall–Kier alpha value is -0.570. The van der Waals surface area contributed by atoms with Crippen LogP contribution in [0.2, 0.25) is 0 Å². The van der Waals surface area contributed by atoms with E-state index in [1.165, 1.54) is 38.5 Å². The van der Waals surface area contributed by atoms with E-state index in [1.807, 2.05) is 0 Å². The summed E-state index contributed by atoms with van der Waals surface area (Å²) < 4.78 is 0. The van der Waals surface area contributed by atoms with Crippen molar-refractivity contribution >= 4 is 5.91 Å². The summed E-state index contributed by atoms with van der Waals surface area (Å²) in [5.74, 6) is 0.450. The van der Waals surface area contributed by atoms with Gasteiger partial charge in [-0.05, 0) is 19.3 Å². The Morgan fingerprint density at radius 1 is 1.11 bits per heavy atom. The van der Waals surface area contributed by atoms with E-state index in [-0.39, 0.29) is 17.9 Å². The maximum Gasteiger partial charge on any atom is 0.220 e. The second kappa shape index (κ2) is 10.2. The molecule has 0 aliphatic heterocycles. The number of hydrogen-bond donors (Lipinski definition) is 2. The second-order valence-electron chi connectivity index (χ2n) is 5.93. The first-order chi connectivity index (χ1) is 9.24. The van der Waals surface area contributed by atoms with Crippen molar-refractivity contribution in [2.75, 3.05) is 6.54 Å². The van der Waals surface area contributed by atoms with Crippen LogP contribution in [0.1, 0.15) is 77.6 Å². The standard InChI is InChI=1S/C16H31NO2/c1-2-3-4-5-6-7-8-12-16(19)17-13-14-10-9-11-15(14)18/h14-15,18H,2-13H2,1H3,(H,17,19). The molecule has 1 rings (SSSR count). The highest BCUT2D eigenvalue weighted by Crippen LogP contribution is 2.24. The normalized spacial score (nSPS) is 22.6. The van der Waals surface area contributed by atoms with Gasteiger partial charge in [-0.15, -0.1) is 0 Å². The van der Waals surface area contributed by atoms with Crippen LogP contribution < -0.4 is 5.32 Å². The van der Waals surface area contributed by atoms with Crippen LogP contribution in [0, 0.1) is 5.92 Å². The van der Waals surface area contributed by atoms with Crippen LogP contribution in [0.5, 0.6) is 0 Å². The smallest absolute Gasteiger partial charge is 0.220 e. The average Bonchev–Trinajstić information content (AvgIpc) is 2.81. The van der Waals surface area contributed by atoms with Crippen LogP contribution in [0.15, 0.2) is 0 Å². The first-order valence-corrected chi connectivity index (χ1v) is 8.18. The summed E-state index contributed by atoms with van der Waals surface area (Å²) in [6.45, 7) is 2.89. The zero-order valence-electron chi connectivity index (χ0n) is 12.5. The number of unbranched alkanes of at least 4 members (excludes halogenated alkanes) is 6. The quantitative estimate of drug-likeness (QED) is 0.597. The first-order valence-electron chi connectivity index (χ1n) is 8.18. The molecule has 3 heteroatoms. The van der Waals surface area contributed by atoms with E-state index in [4.69, 9.17) is 0 Å². The monoisotopic (exact) mass is 269 g/mol. The summed E-state index contributed by atoms with van der Waals surface area (Å²) in [5, 5.41) is 12.6. The molecule has 1 saturated carbocycles. The Morgan fingerprint density at radius 2 is 1.79 bits per heavy atom. The van der Waals surface area contributed by atoms with Gasteiger partial charge in [-0.2, -0.15) is 0 Å². The lowest BCUT2D eigenvalue weighted by molar-refractivity contribution is -0.121. The molecule has 0 saturated heterocycles. The highest BCUT2D eigenvalue weighted by molar-refractivity contribution is 5.75. The summed E-state index contributed by atoms with van der Waals surface area (Å²) >= 11 is 0. The van der Waals surface area contributed by atoms with Crippen molar-refractivity contribution in [1.82, 2.24) is 5.32 Å². The molecule has 0 aromatic heterocycles. The lowest BCUT2D eigenvalue weighted by atomic mass is 10.1. The van der Waals surface area contributed by atoms with Crippen molar-refractivity contribution in [2.24, 2.45) is 5.92 Å². The topological polar surface area (TPSA) is 49.3 Å². The third kappa shape index (κ3) is 7.56. The van der Waals surface area contributed by atoms with Gasteiger partial charge >= 0.3 is 0 Å². The molecule has 0 bridgehead atoms. The van der Waals surface area contributed by atoms with Crippen LogP contribution in [0.4, 0.5) is 0 Å². The van der Waals surface area contributed by atoms with Gasteiger partial charge in [-0.3, -0.25) is 4.79 Å². The van der Waals surface area contributed by atoms with Crippen LogP contribution in [-0.4, -0.2) is 23.7 Å². The third-order valence-electron chi connectivity index (χ3n) is 4.19. The molecule has 2 N–H and O–H groups in total. The van der Waals surface area contributed by atoms with E-state index in [0.717, 1.165) is 25.7 Å². The Kier molecular flexibility index (Phi) is 8.89. The summed E-state index contributed by atoms with van der Waals surface area (Å²) in [5.41, 5.74) is 0. The number of aliphatic hydroxyl groups excluding tert-OH is 1. The third-order valence-corrected chi connectivity index (χ3v) is 4.19. The van der Waals surface area contributed by atoms with Gasteiger partial charge in [0.25, 0.3) is 0 Å². The molecule has 0 spiro atoms. The van der Waals surface area contributed by atoms with Crippen LogP contribution >= 0.6 is 0 Å². The van der Waals surface area contributed by atoms with Gasteiger partial charge in [0.05, 0.1) is 6.10 Å². The van der Waals surface area contributed by atoms with Gasteiger partial charge in [-0.1, -0.05) is 51.9 Å². The van der Waals surface area contributed by atoms with Gasteiger partial charge < -0.3 is 10.4 Å². The Morgan fingerprint density at radius 3 is 2.42 bits per heavy atom. The number of nitrogens with one attached hydrogen (secondary N) is 1. The number of carbonyl (C=O) groups is 1. The molecule has 1 fully saturated rings. The minimum Gasteiger partial charge on any atom is -0.393 e. The van der Waals surface area contributed by atoms with Crippen molar-refractivity contribution < 1.29 is 9.90 Å². The number of rotatable bonds is 10. The minimum absolute atomic E-state index is 0.160. The largest absolute Gasteiger partial charge is 0.393 e. The summed E-state index contributed by atoms with van der Waals surface area (Å²) in [6.07, 6.45) is 12.2. The van der Waals surface area contributed by atoms with E-state index >= 15 is 0 Å². The zero-order valence-corrected chi connectivity index (χ0v) is 12.5. The van der Waals surface area contributed by atoms with Gasteiger partial charge in [-0.25, -0.2) is 0 Å². The molecule has 0 heterocycles. The number of hydrogen-bond acceptors (Lipinski definition) is 2. The summed E-state index contributed by atoms with van der Waals surface area (Å²) in [6, 6.07) is 0. The van der Waals surface area contributed by atoms with E-state index in [2.05, 4.69) is 12.2 Å². The number of amides is 1. The molecule has 2 atom stereocenters. The molecule has 1 aliphatic rings. The molecule has 1 amide bonds. The van der Waals surface area contributed by atoms with Crippen LogP contribution in [0.25, 0.3) is 0 Å². The predicted octanol–water partition coefficient (Wildman–Crippen LogP) is 3.40. The average molecular weight is 269 g/mol. The molecule has 19 heavy (non-hydrogen) atoms. The van der Waals surface area contributed by atoms with Crippen molar-refractivity contribution in [3.63, 3.8) is 0 Å². The van der Waals surface area contributed by atoms with E-state index < -0.39 is 0 Å². The fourth-order valence-electron chi connectivity index (χ4n) is 2.83. The fourth-order valence-corrected chi connectivity index (χ4v) is 2.83. The fraction of sp³-hybridized carbons (Fsp3) is 0.938. The van der Waals surface area contributed by atoms with Gasteiger partial charge in [0, 0.05) is 18.9 Å². The van der Waals surface area contributed by atoms with Crippen molar-refractivity contribution in [2.45, 2.75) is 83.7 Å². The van der Waals surface area contributed by atoms with Gasteiger partial charge in [0.2, 0.25) is 5.91 Å². The maximum atomic E-state index is 11.6. The van der Waals surface area contributed by atoms with Crippen molar-refractivity contribution in [1.29, 1.82) is 0 Å². The molecule has 0 aromatic carbocycles. The lowest BCUT2D eigenvalue weighted by Gasteiger charge is -2.14. The molecule has 2 unspecified atom stereocenters. The lowest BCUT2D eigenvalue weighted by Crippen LogP contribution is -2.32. The van der Waals surface area contributed by atoms with E-state index in [9.17, 15) is 9.90 Å². The summed E-state index contributed by atoms with van der Waals surface area (Å²) in [7, 11) is 0. The molecular weight excluding hydrogens is 238 g/mol. The molecule has 3 nitrogen and oxygen atoms in total. The maximum absolute atomic E-state index is 11.6. The molecule has 0 radical (unpaired) electrons. The predicted molar refractivity (Wildman–Crippen MR) is 79.0 cm³/mol. The zero-order chi connectivity index (χ0) is 13.9. The Balaban J connectivity index is 1.90. The molecule has 0 aromatic rings. The van der Waals surface area contributed by atoms with Crippen molar-refractivity contribution in [3.05, 3.63) is 0 Å². The SMILES string of the molecule is CCCCCCCCCC(=O)NCC1CCCC1O. The summed E-state index contributed by atoms with van der Waals surface area (Å²) in [4.78, 5) is 11.6. The van der Waals surface area contributed by atoms with Gasteiger partial charge in [0.15, 0.2) is 0 Å². The Labute approximate surface area is 118 Å². The molecule has 112 valence electrons. The second-order valence-corrected chi connectivity index (χ2v) is 5.93. The van der Waals surface area contributed by atoms with E-state index in [0.29, 0.717) is 13.0 Å².